The number of hydrogen-bond acceptors (Lipinski definition) is 5. The van der Waals surface area contributed by atoms with Crippen LogP contribution in [0.2, 0.25) is 0 Å². The van der Waals surface area contributed by atoms with Gasteiger partial charge in [-0.25, -0.2) is 0 Å². The summed E-state index contributed by atoms with van der Waals surface area (Å²) in [6, 6.07) is 50.7. The monoisotopic (exact) mass is 712 g/mol. The number of allylic oxidation sites excluding steroid dienone is 3. The molecule has 3 heterocycles. The fraction of sp³-hybridized carbons (Fsp3) is 0.0800. The van der Waals surface area contributed by atoms with Crippen LogP contribution in [0.5, 0.6) is 0 Å². The van der Waals surface area contributed by atoms with E-state index in [2.05, 4.69) is 163 Å². The maximum Gasteiger partial charge on any atom is 0.160 e. The van der Waals surface area contributed by atoms with Gasteiger partial charge in [0.15, 0.2) is 5.58 Å². The van der Waals surface area contributed by atoms with Gasteiger partial charge in [-0.1, -0.05) is 110 Å². The van der Waals surface area contributed by atoms with Crippen molar-refractivity contribution in [3.05, 3.63) is 175 Å². The molecule has 0 spiro atoms. The third-order valence-electron chi connectivity index (χ3n) is 11.0. The van der Waals surface area contributed by atoms with Crippen LogP contribution in [0.1, 0.15) is 18.9 Å². The second-order valence-corrected chi connectivity index (χ2v) is 14.6. The number of nitrogens with zero attached hydrogens (tertiary/aromatic N) is 2. The van der Waals surface area contributed by atoms with E-state index in [9.17, 15) is 0 Å². The average Bonchev–Trinajstić information content (AvgIpc) is 3.92. The van der Waals surface area contributed by atoms with Crippen molar-refractivity contribution >= 4 is 94.3 Å². The largest absolute Gasteiger partial charge is 0.456 e. The minimum Gasteiger partial charge on any atom is -0.456 e. The van der Waals surface area contributed by atoms with Gasteiger partial charge in [-0.05, 0) is 73.9 Å². The van der Waals surface area contributed by atoms with Crippen molar-refractivity contribution in [2.75, 3.05) is 9.80 Å². The summed E-state index contributed by atoms with van der Waals surface area (Å²) in [6.45, 7) is 4.37. The van der Waals surface area contributed by atoms with Crippen LogP contribution in [-0.4, -0.2) is 0 Å². The summed E-state index contributed by atoms with van der Waals surface area (Å²) in [5.74, 6) is 0.478. The highest BCUT2D eigenvalue weighted by Crippen LogP contribution is 2.52. The number of hydrogen-bond donors (Lipinski definition) is 0. The molecule has 1 aliphatic rings. The van der Waals surface area contributed by atoms with Gasteiger partial charge in [-0.15, -0.1) is 0 Å². The third kappa shape index (κ3) is 4.93. The molecular formula is C50H36N2O3. The lowest BCUT2D eigenvalue weighted by Crippen LogP contribution is -2.17. The molecule has 264 valence electrons. The maximum atomic E-state index is 7.10. The first-order chi connectivity index (χ1) is 27.1. The molecule has 0 saturated heterocycles. The van der Waals surface area contributed by atoms with E-state index in [1.807, 2.05) is 24.3 Å². The lowest BCUT2D eigenvalue weighted by Gasteiger charge is -2.29. The lowest BCUT2D eigenvalue weighted by atomic mass is 9.98. The van der Waals surface area contributed by atoms with E-state index in [4.69, 9.17) is 13.3 Å². The van der Waals surface area contributed by atoms with Gasteiger partial charge in [0.1, 0.15) is 27.9 Å². The van der Waals surface area contributed by atoms with Gasteiger partial charge in [0.05, 0.1) is 22.1 Å². The van der Waals surface area contributed by atoms with E-state index in [0.717, 1.165) is 106 Å². The summed E-state index contributed by atoms with van der Waals surface area (Å²) < 4.78 is 21.0. The van der Waals surface area contributed by atoms with Gasteiger partial charge in [0.2, 0.25) is 0 Å². The van der Waals surface area contributed by atoms with Gasteiger partial charge in [0, 0.05) is 56.4 Å². The Hall–Kier alpha value is -6.98. The zero-order valence-corrected chi connectivity index (χ0v) is 30.5. The van der Waals surface area contributed by atoms with Gasteiger partial charge >= 0.3 is 0 Å². The predicted molar refractivity (Wildman–Crippen MR) is 227 cm³/mol. The molecule has 1 aliphatic carbocycles. The molecule has 1 atom stereocenters. The highest BCUT2D eigenvalue weighted by molar-refractivity contribution is 6.34. The molecule has 55 heavy (non-hydrogen) atoms. The highest BCUT2D eigenvalue weighted by Gasteiger charge is 2.29. The van der Waals surface area contributed by atoms with Crippen molar-refractivity contribution in [1.29, 1.82) is 0 Å². The fourth-order valence-electron chi connectivity index (χ4n) is 8.41. The quantitative estimate of drug-likeness (QED) is 0.172. The summed E-state index contributed by atoms with van der Waals surface area (Å²) in [5, 5.41) is 6.02. The van der Waals surface area contributed by atoms with Crippen molar-refractivity contribution in [1.82, 2.24) is 0 Å². The smallest absolute Gasteiger partial charge is 0.160 e. The molecule has 3 aromatic heterocycles. The van der Waals surface area contributed by atoms with Crippen LogP contribution in [-0.2, 0) is 0 Å². The molecule has 1 unspecified atom stereocenters. The fourth-order valence-corrected chi connectivity index (χ4v) is 8.41. The van der Waals surface area contributed by atoms with Crippen LogP contribution in [0.4, 0.5) is 28.4 Å². The molecule has 0 N–H and O–H groups in total. The standard InChI is InChI=1S/C50H36N2O3/c1-31-21-25-35(26-22-31)51(33-13-5-3-6-14-33)39-29-44-48(50-45(39)37-17-9-11-19-41(37)55-50)47-43(53-44)30-40(49-46(47)38-18-10-12-20-42(38)54-49)52(34-15-7-4-8-16-34)36-27-23-32(2)24-28-36/h3-21,23-31H,22H2,1-2H3. The van der Waals surface area contributed by atoms with Gasteiger partial charge in [-0.2, -0.15) is 0 Å². The number of anilines is 5. The van der Waals surface area contributed by atoms with Crippen molar-refractivity contribution in [2.45, 2.75) is 20.3 Å². The molecule has 0 aliphatic heterocycles. The summed E-state index contributed by atoms with van der Waals surface area (Å²) >= 11 is 0. The van der Waals surface area contributed by atoms with Gasteiger partial charge < -0.3 is 23.1 Å². The number of aryl methyl sites for hydroxylation is 1. The summed E-state index contributed by atoms with van der Waals surface area (Å²) in [6.07, 6.45) is 7.84. The van der Waals surface area contributed by atoms with E-state index in [1.54, 1.807) is 0 Å². The third-order valence-corrected chi connectivity index (χ3v) is 11.0. The van der Waals surface area contributed by atoms with Crippen LogP contribution in [0, 0.1) is 12.8 Å². The summed E-state index contributed by atoms with van der Waals surface area (Å²) in [5.41, 5.74) is 12.0. The molecule has 0 amide bonds. The van der Waals surface area contributed by atoms with E-state index in [-0.39, 0.29) is 0 Å². The van der Waals surface area contributed by atoms with Gasteiger partial charge in [-0.3, -0.25) is 0 Å². The molecule has 10 aromatic rings. The van der Waals surface area contributed by atoms with Crippen LogP contribution in [0.3, 0.4) is 0 Å². The first-order valence-corrected chi connectivity index (χ1v) is 18.9. The Morgan fingerprint density at radius 3 is 1.73 bits per heavy atom. The molecule has 11 rings (SSSR count). The second kappa shape index (κ2) is 12.3. The van der Waals surface area contributed by atoms with Gasteiger partial charge in [0.25, 0.3) is 0 Å². The number of benzene rings is 7. The molecule has 5 heteroatoms. The van der Waals surface area contributed by atoms with E-state index in [0.29, 0.717) is 5.92 Å². The molecule has 7 aromatic carbocycles. The highest BCUT2D eigenvalue weighted by atomic mass is 16.3. The number of fused-ring (bicyclic) bond motifs is 11. The maximum absolute atomic E-state index is 7.10. The molecule has 0 fully saturated rings. The van der Waals surface area contributed by atoms with E-state index in [1.165, 1.54) is 5.56 Å². The molecule has 0 saturated carbocycles. The SMILES string of the molecule is Cc1ccc(N(c2ccccc2)c2cc3oc4cc(N(C5=CCC(C)C=C5)c5ccccc5)c5c6ccccc6oc5c4c3c3c2oc2ccccc23)cc1. The molecule has 0 bridgehead atoms. The lowest BCUT2D eigenvalue weighted by molar-refractivity contribution is 0.660. The Morgan fingerprint density at radius 2 is 1.05 bits per heavy atom. The number of para-hydroxylation sites is 4. The van der Waals surface area contributed by atoms with Crippen LogP contribution < -0.4 is 9.80 Å². The Balaban J connectivity index is 1.29. The Morgan fingerprint density at radius 1 is 0.491 bits per heavy atom. The Labute approximate surface area is 317 Å². The molecule has 0 radical (unpaired) electrons. The van der Waals surface area contributed by atoms with Crippen LogP contribution in [0.25, 0.3) is 65.8 Å². The first-order valence-electron chi connectivity index (χ1n) is 18.9. The number of rotatable bonds is 6. The zero-order valence-electron chi connectivity index (χ0n) is 30.5. The number of furan rings is 3. The second-order valence-electron chi connectivity index (χ2n) is 14.6. The Bertz CT molecular complexity index is 3150. The zero-order chi connectivity index (χ0) is 36.6. The van der Waals surface area contributed by atoms with Crippen molar-refractivity contribution < 1.29 is 13.3 Å². The topological polar surface area (TPSA) is 45.9 Å². The minimum atomic E-state index is 0.478. The van der Waals surface area contributed by atoms with Crippen LogP contribution in [0.15, 0.2) is 183 Å². The Kier molecular flexibility index (Phi) is 7.05. The van der Waals surface area contributed by atoms with Crippen molar-refractivity contribution in [3.63, 3.8) is 0 Å². The predicted octanol–water partition coefficient (Wildman–Crippen LogP) is 14.8. The first kappa shape index (κ1) is 31.5. The molecule has 5 nitrogen and oxygen atoms in total. The van der Waals surface area contributed by atoms with Crippen molar-refractivity contribution in [3.8, 4) is 0 Å². The van der Waals surface area contributed by atoms with E-state index < -0.39 is 0 Å². The normalized spacial score (nSPS) is 14.5. The van der Waals surface area contributed by atoms with Crippen LogP contribution >= 0.6 is 0 Å². The molecular weight excluding hydrogens is 677 g/mol. The average molecular weight is 713 g/mol. The summed E-state index contributed by atoms with van der Waals surface area (Å²) in [4.78, 5) is 4.61. The van der Waals surface area contributed by atoms with E-state index >= 15 is 0 Å². The minimum absolute atomic E-state index is 0.478. The summed E-state index contributed by atoms with van der Waals surface area (Å²) in [7, 11) is 0. The van der Waals surface area contributed by atoms with Crippen molar-refractivity contribution in [2.24, 2.45) is 5.92 Å².